The van der Waals surface area contributed by atoms with Crippen LogP contribution in [0.1, 0.15) is 12.5 Å². The highest BCUT2D eigenvalue weighted by atomic mass is 16.3. The first-order valence-electron chi connectivity index (χ1n) is 6.01. The van der Waals surface area contributed by atoms with Crippen LogP contribution < -0.4 is 5.32 Å². The van der Waals surface area contributed by atoms with Crippen LogP contribution in [0.15, 0.2) is 29.0 Å². The lowest BCUT2D eigenvalue weighted by atomic mass is 10.2. The lowest BCUT2D eigenvalue weighted by molar-refractivity contribution is 0.325. The highest BCUT2D eigenvalue weighted by Crippen LogP contribution is 2.15. The summed E-state index contributed by atoms with van der Waals surface area (Å²) in [6.45, 7) is 6.15. The molecule has 1 N–H and O–H groups in total. The minimum absolute atomic E-state index is 0.864. The number of oxazole rings is 1. The normalized spacial score (nSPS) is 11.5. The molecule has 0 spiro atoms. The van der Waals surface area contributed by atoms with Crippen molar-refractivity contribution in [2.45, 2.75) is 13.5 Å². The summed E-state index contributed by atoms with van der Waals surface area (Å²) in [5.74, 6) is 0. The van der Waals surface area contributed by atoms with Gasteiger partial charge in [-0.3, -0.25) is 0 Å². The van der Waals surface area contributed by atoms with E-state index in [0.717, 1.165) is 37.3 Å². The molecule has 0 saturated carbocycles. The van der Waals surface area contributed by atoms with Crippen molar-refractivity contribution in [2.24, 2.45) is 0 Å². The second kappa shape index (κ2) is 5.80. The fraction of sp³-hybridized carbons (Fsp3) is 0.462. The van der Waals surface area contributed by atoms with E-state index in [4.69, 9.17) is 4.42 Å². The number of fused-ring (bicyclic) bond motifs is 1. The molecule has 1 heterocycles. The molecule has 0 amide bonds. The summed E-state index contributed by atoms with van der Waals surface area (Å²) in [4.78, 5) is 6.40. The van der Waals surface area contributed by atoms with Gasteiger partial charge in [0.2, 0.25) is 0 Å². The summed E-state index contributed by atoms with van der Waals surface area (Å²) >= 11 is 0. The summed E-state index contributed by atoms with van der Waals surface area (Å²) in [5, 5.41) is 3.32. The highest BCUT2D eigenvalue weighted by molar-refractivity contribution is 5.72. The first kappa shape index (κ1) is 12.1. The van der Waals surface area contributed by atoms with Gasteiger partial charge in [0.15, 0.2) is 12.0 Å². The number of rotatable bonds is 6. The first-order valence-corrected chi connectivity index (χ1v) is 6.01. The van der Waals surface area contributed by atoms with Crippen LogP contribution in [0.3, 0.4) is 0 Å². The Kier molecular flexibility index (Phi) is 4.12. The Hall–Kier alpha value is -1.39. The van der Waals surface area contributed by atoms with E-state index < -0.39 is 0 Å². The summed E-state index contributed by atoms with van der Waals surface area (Å²) in [5.41, 5.74) is 3.04. The molecule has 17 heavy (non-hydrogen) atoms. The van der Waals surface area contributed by atoms with Crippen LogP contribution in [0.25, 0.3) is 11.1 Å². The molecule has 4 heteroatoms. The highest BCUT2D eigenvalue weighted by Gasteiger charge is 2.03. The maximum atomic E-state index is 5.30. The number of hydrogen-bond acceptors (Lipinski definition) is 4. The summed E-state index contributed by atoms with van der Waals surface area (Å²) in [6, 6.07) is 6.17. The summed E-state index contributed by atoms with van der Waals surface area (Å²) < 4.78 is 5.30. The van der Waals surface area contributed by atoms with E-state index in [1.807, 2.05) is 6.07 Å². The van der Waals surface area contributed by atoms with Gasteiger partial charge in [-0.05, 0) is 31.3 Å². The SMILES string of the molecule is CCNCCN(C)Cc1ccc2ncoc2c1. The fourth-order valence-electron chi connectivity index (χ4n) is 1.84. The largest absolute Gasteiger partial charge is 0.443 e. The quantitative estimate of drug-likeness (QED) is 0.773. The molecule has 2 rings (SSSR count). The molecule has 0 aliphatic rings. The number of nitrogens with zero attached hydrogens (tertiary/aromatic N) is 2. The number of nitrogens with one attached hydrogen (secondary N) is 1. The topological polar surface area (TPSA) is 41.3 Å². The average Bonchev–Trinajstić information content (AvgIpc) is 2.76. The maximum absolute atomic E-state index is 5.30. The van der Waals surface area contributed by atoms with E-state index in [9.17, 15) is 0 Å². The van der Waals surface area contributed by atoms with Crippen LogP contribution in [0.5, 0.6) is 0 Å². The Labute approximate surface area is 102 Å². The van der Waals surface area contributed by atoms with Crippen molar-refractivity contribution >= 4 is 11.1 Å². The smallest absolute Gasteiger partial charge is 0.181 e. The van der Waals surface area contributed by atoms with Gasteiger partial charge < -0.3 is 14.6 Å². The van der Waals surface area contributed by atoms with Gasteiger partial charge in [0.1, 0.15) is 5.52 Å². The lowest BCUT2D eigenvalue weighted by Crippen LogP contribution is -2.28. The number of hydrogen-bond donors (Lipinski definition) is 1. The van der Waals surface area contributed by atoms with Gasteiger partial charge in [-0.1, -0.05) is 13.0 Å². The molecule has 4 nitrogen and oxygen atoms in total. The molecule has 0 aliphatic carbocycles. The van der Waals surface area contributed by atoms with E-state index in [1.54, 1.807) is 0 Å². The maximum Gasteiger partial charge on any atom is 0.181 e. The van der Waals surface area contributed by atoms with Gasteiger partial charge in [-0.15, -0.1) is 0 Å². The van der Waals surface area contributed by atoms with Crippen LogP contribution in [-0.2, 0) is 6.54 Å². The molecule has 0 unspecified atom stereocenters. The Morgan fingerprint density at radius 2 is 2.29 bits per heavy atom. The summed E-state index contributed by atoms with van der Waals surface area (Å²) in [6.07, 6.45) is 1.49. The van der Waals surface area contributed by atoms with Crippen molar-refractivity contribution in [2.75, 3.05) is 26.7 Å². The molecular weight excluding hydrogens is 214 g/mol. The monoisotopic (exact) mass is 233 g/mol. The van der Waals surface area contributed by atoms with Gasteiger partial charge in [-0.2, -0.15) is 0 Å². The van der Waals surface area contributed by atoms with Crippen molar-refractivity contribution in [3.63, 3.8) is 0 Å². The number of aromatic nitrogens is 1. The third-order valence-electron chi connectivity index (χ3n) is 2.77. The van der Waals surface area contributed by atoms with Gasteiger partial charge in [-0.25, -0.2) is 4.98 Å². The van der Waals surface area contributed by atoms with Gasteiger partial charge >= 0.3 is 0 Å². The molecule has 0 aliphatic heterocycles. The van der Waals surface area contributed by atoms with E-state index in [1.165, 1.54) is 12.0 Å². The number of benzene rings is 1. The van der Waals surface area contributed by atoms with Gasteiger partial charge in [0.05, 0.1) is 0 Å². The molecule has 0 radical (unpaired) electrons. The molecule has 0 fully saturated rings. The van der Waals surface area contributed by atoms with Crippen molar-refractivity contribution in [3.05, 3.63) is 30.2 Å². The molecule has 92 valence electrons. The van der Waals surface area contributed by atoms with Crippen LogP contribution in [0.2, 0.25) is 0 Å². The van der Waals surface area contributed by atoms with Crippen molar-refractivity contribution < 1.29 is 4.42 Å². The predicted molar refractivity (Wildman–Crippen MR) is 68.9 cm³/mol. The minimum Gasteiger partial charge on any atom is -0.443 e. The van der Waals surface area contributed by atoms with Gasteiger partial charge in [0.25, 0.3) is 0 Å². The van der Waals surface area contributed by atoms with E-state index >= 15 is 0 Å². The third-order valence-corrected chi connectivity index (χ3v) is 2.77. The van der Waals surface area contributed by atoms with E-state index in [2.05, 4.69) is 41.3 Å². The van der Waals surface area contributed by atoms with Gasteiger partial charge in [0, 0.05) is 19.6 Å². The van der Waals surface area contributed by atoms with Crippen LogP contribution in [0.4, 0.5) is 0 Å². The molecule has 1 aromatic carbocycles. The molecule has 0 atom stereocenters. The minimum atomic E-state index is 0.864. The van der Waals surface area contributed by atoms with Crippen LogP contribution in [-0.4, -0.2) is 36.6 Å². The second-order valence-electron chi connectivity index (χ2n) is 4.25. The zero-order valence-electron chi connectivity index (χ0n) is 10.4. The Balaban J connectivity index is 1.93. The fourth-order valence-corrected chi connectivity index (χ4v) is 1.84. The molecule has 2 aromatic rings. The predicted octanol–water partition coefficient (Wildman–Crippen LogP) is 1.87. The molecule has 0 saturated heterocycles. The van der Waals surface area contributed by atoms with Crippen molar-refractivity contribution in [1.29, 1.82) is 0 Å². The second-order valence-corrected chi connectivity index (χ2v) is 4.25. The number of likely N-dealkylation sites (N-methyl/N-ethyl adjacent to an activating group) is 2. The van der Waals surface area contributed by atoms with E-state index in [-0.39, 0.29) is 0 Å². The standard InChI is InChI=1S/C13H19N3O/c1-3-14-6-7-16(2)9-11-4-5-12-13(8-11)17-10-15-12/h4-5,8,10,14H,3,6-7,9H2,1-2H3. The third kappa shape index (κ3) is 3.28. The molecular formula is C13H19N3O. The Morgan fingerprint density at radius 3 is 3.12 bits per heavy atom. The zero-order chi connectivity index (χ0) is 12.1. The Bertz CT molecular complexity index is 466. The molecule has 0 bridgehead atoms. The Morgan fingerprint density at radius 1 is 1.41 bits per heavy atom. The first-order chi connectivity index (χ1) is 8.29. The van der Waals surface area contributed by atoms with E-state index in [0.29, 0.717) is 0 Å². The molecule has 1 aromatic heterocycles. The average molecular weight is 233 g/mol. The summed E-state index contributed by atoms with van der Waals surface area (Å²) in [7, 11) is 2.13. The lowest BCUT2D eigenvalue weighted by Gasteiger charge is -2.16. The zero-order valence-corrected chi connectivity index (χ0v) is 10.4. The van der Waals surface area contributed by atoms with Crippen molar-refractivity contribution in [1.82, 2.24) is 15.2 Å². The van der Waals surface area contributed by atoms with Crippen molar-refractivity contribution in [3.8, 4) is 0 Å². The van der Waals surface area contributed by atoms with Crippen LogP contribution in [0, 0.1) is 0 Å². The van der Waals surface area contributed by atoms with Crippen LogP contribution >= 0.6 is 0 Å².